The molecule has 0 aromatic carbocycles. The van der Waals surface area contributed by atoms with E-state index in [1.807, 2.05) is 12.4 Å². The summed E-state index contributed by atoms with van der Waals surface area (Å²) < 4.78 is 1.78. The zero-order chi connectivity index (χ0) is 10.8. The van der Waals surface area contributed by atoms with E-state index in [4.69, 9.17) is 5.73 Å². The van der Waals surface area contributed by atoms with Crippen LogP contribution in [0, 0.1) is 0 Å². The maximum atomic E-state index is 11.0. The standard InChI is InChI=1S/C10H16N4O/c1-12-9(10(11)15)6-14-5-8(4-13-14)7-2-3-7/h4-5,7,9,12H,2-3,6H2,1H3,(H2,11,15). The fourth-order valence-corrected chi connectivity index (χ4v) is 1.62. The molecule has 1 aliphatic carbocycles. The Bertz CT molecular complexity index is 356. The van der Waals surface area contributed by atoms with Crippen LogP contribution < -0.4 is 11.1 Å². The normalized spacial score (nSPS) is 17.7. The van der Waals surface area contributed by atoms with Crippen LogP contribution in [-0.4, -0.2) is 28.8 Å². The number of rotatable bonds is 5. The maximum Gasteiger partial charge on any atom is 0.236 e. The second-order valence-corrected chi connectivity index (χ2v) is 4.01. The van der Waals surface area contributed by atoms with Gasteiger partial charge in [-0.15, -0.1) is 0 Å². The number of likely N-dealkylation sites (N-methyl/N-ethyl adjacent to an activating group) is 1. The summed E-state index contributed by atoms with van der Waals surface area (Å²) in [6.45, 7) is 0.499. The molecule has 0 spiro atoms. The van der Waals surface area contributed by atoms with Crippen LogP contribution >= 0.6 is 0 Å². The predicted molar refractivity (Wildman–Crippen MR) is 56.2 cm³/mol. The van der Waals surface area contributed by atoms with Crippen LogP contribution in [0.25, 0.3) is 0 Å². The van der Waals surface area contributed by atoms with E-state index < -0.39 is 0 Å². The number of hydrogen-bond donors (Lipinski definition) is 2. The molecule has 0 aliphatic heterocycles. The van der Waals surface area contributed by atoms with Gasteiger partial charge in [0.15, 0.2) is 0 Å². The molecule has 1 aromatic heterocycles. The molecule has 1 fully saturated rings. The largest absolute Gasteiger partial charge is 0.368 e. The number of primary amides is 1. The Labute approximate surface area is 88.6 Å². The van der Waals surface area contributed by atoms with E-state index in [-0.39, 0.29) is 11.9 Å². The van der Waals surface area contributed by atoms with E-state index in [2.05, 4.69) is 10.4 Å². The number of carbonyl (C=O) groups is 1. The summed E-state index contributed by atoms with van der Waals surface area (Å²) in [4.78, 5) is 11.0. The fraction of sp³-hybridized carbons (Fsp3) is 0.600. The molecular weight excluding hydrogens is 192 g/mol. The molecule has 1 atom stereocenters. The first kappa shape index (κ1) is 10.2. The molecule has 1 aromatic rings. The van der Waals surface area contributed by atoms with Gasteiger partial charge >= 0.3 is 0 Å². The van der Waals surface area contributed by atoms with Gasteiger partial charge in [0.2, 0.25) is 5.91 Å². The highest BCUT2D eigenvalue weighted by Gasteiger charge is 2.25. The highest BCUT2D eigenvalue weighted by Crippen LogP contribution is 2.39. The smallest absolute Gasteiger partial charge is 0.236 e. The van der Waals surface area contributed by atoms with Crippen molar-refractivity contribution in [3.05, 3.63) is 18.0 Å². The van der Waals surface area contributed by atoms with Crippen LogP contribution in [0.1, 0.15) is 24.3 Å². The molecule has 0 radical (unpaired) electrons. The van der Waals surface area contributed by atoms with Gasteiger partial charge in [-0.2, -0.15) is 5.10 Å². The highest BCUT2D eigenvalue weighted by molar-refractivity contribution is 5.79. The molecule has 1 saturated carbocycles. The quantitative estimate of drug-likeness (QED) is 0.706. The number of nitrogens with two attached hydrogens (primary N) is 1. The Morgan fingerprint density at radius 2 is 2.53 bits per heavy atom. The second kappa shape index (κ2) is 4.02. The maximum absolute atomic E-state index is 11.0. The lowest BCUT2D eigenvalue weighted by atomic mass is 10.2. The van der Waals surface area contributed by atoms with Gasteiger partial charge in [0.1, 0.15) is 6.04 Å². The van der Waals surface area contributed by atoms with Crippen molar-refractivity contribution in [2.45, 2.75) is 31.3 Å². The second-order valence-electron chi connectivity index (χ2n) is 4.01. The van der Waals surface area contributed by atoms with Crippen LogP contribution in [0.4, 0.5) is 0 Å². The molecule has 82 valence electrons. The monoisotopic (exact) mass is 208 g/mol. The van der Waals surface area contributed by atoms with Crippen LogP contribution in [0.15, 0.2) is 12.4 Å². The van der Waals surface area contributed by atoms with Gasteiger partial charge in [-0.1, -0.05) is 0 Å². The molecule has 5 nitrogen and oxygen atoms in total. The van der Waals surface area contributed by atoms with Gasteiger partial charge in [-0.3, -0.25) is 9.48 Å². The van der Waals surface area contributed by atoms with Gasteiger partial charge in [-0.25, -0.2) is 0 Å². The Morgan fingerprint density at radius 3 is 3.07 bits per heavy atom. The predicted octanol–water partition coefficient (Wildman–Crippen LogP) is -0.166. The molecule has 1 unspecified atom stereocenters. The summed E-state index contributed by atoms with van der Waals surface area (Å²) in [5, 5.41) is 7.09. The highest BCUT2D eigenvalue weighted by atomic mass is 16.1. The third-order valence-corrected chi connectivity index (χ3v) is 2.76. The van der Waals surface area contributed by atoms with E-state index in [0.29, 0.717) is 12.5 Å². The molecular formula is C10H16N4O. The molecule has 3 N–H and O–H groups in total. The third-order valence-electron chi connectivity index (χ3n) is 2.76. The molecule has 5 heteroatoms. The minimum atomic E-state index is -0.350. The zero-order valence-electron chi connectivity index (χ0n) is 8.81. The van der Waals surface area contributed by atoms with Crippen molar-refractivity contribution in [2.75, 3.05) is 7.05 Å². The van der Waals surface area contributed by atoms with Gasteiger partial charge < -0.3 is 11.1 Å². The van der Waals surface area contributed by atoms with Crippen molar-refractivity contribution in [1.29, 1.82) is 0 Å². The third kappa shape index (κ3) is 2.36. The average Bonchev–Trinajstić information content (AvgIpc) is 2.95. The van der Waals surface area contributed by atoms with Crippen molar-refractivity contribution in [3.8, 4) is 0 Å². The fourth-order valence-electron chi connectivity index (χ4n) is 1.62. The lowest BCUT2D eigenvalue weighted by Crippen LogP contribution is -2.42. The van der Waals surface area contributed by atoms with E-state index >= 15 is 0 Å². The van der Waals surface area contributed by atoms with Crippen molar-refractivity contribution < 1.29 is 4.79 Å². The van der Waals surface area contributed by atoms with Gasteiger partial charge in [0.05, 0.1) is 12.7 Å². The Kier molecular flexibility index (Phi) is 2.73. The van der Waals surface area contributed by atoms with Gasteiger partial charge in [-0.05, 0) is 31.4 Å². The van der Waals surface area contributed by atoms with E-state index in [9.17, 15) is 4.79 Å². The molecule has 1 heterocycles. The minimum Gasteiger partial charge on any atom is -0.368 e. The van der Waals surface area contributed by atoms with E-state index in [0.717, 1.165) is 0 Å². The molecule has 15 heavy (non-hydrogen) atoms. The molecule has 0 bridgehead atoms. The first-order valence-electron chi connectivity index (χ1n) is 5.19. The van der Waals surface area contributed by atoms with Crippen molar-refractivity contribution >= 4 is 5.91 Å². The average molecular weight is 208 g/mol. The molecule has 2 rings (SSSR count). The first-order valence-corrected chi connectivity index (χ1v) is 5.19. The molecule has 1 amide bonds. The number of hydrogen-bond acceptors (Lipinski definition) is 3. The summed E-state index contributed by atoms with van der Waals surface area (Å²) in [5.74, 6) is 0.348. The lowest BCUT2D eigenvalue weighted by molar-refractivity contribution is -0.120. The van der Waals surface area contributed by atoms with Crippen molar-refractivity contribution in [2.24, 2.45) is 5.73 Å². The number of nitrogens with zero attached hydrogens (tertiary/aromatic N) is 2. The minimum absolute atomic E-state index is 0.346. The summed E-state index contributed by atoms with van der Waals surface area (Å²) in [6, 6.07) is -0.350. The molecule has 0 saturated heterocycles. The van der Waals surface area contributed by atoms with E-state index in [1.54, 1.807) is 11.7 Å². The zero-order valence-corrected chi connectivity index (χ0v) is 8.81. The van der Waals surface area contributed by atoms with Gasteiger partial charge in [0, 0.05) is 6.20 Å². The van der Waals surface area contributed by atoms with Crippen molar-refractivity contribution in [3.63, 3.8) is 0 Å². The first-order chi connectivity index (χ1) is 7.20. The number of aromatic nitrogens is 2. The Morgan fingerprint density at radius 1 is 1.80 bits per heavy atom. The van der Waals surface area contributed by atoms with Crippen molar-refractivity contribution in [1.82, 2.24) is 15.1 Å². The van der Waals surface area contributed by atoms with Gasteiger partial charge in [0.25, 0.3) is 0 Å². The Hall–Kier alpha value is -1.36. The van der Waals surface area contributed by atoms with Crippen LogP contribution in [0.5, 0.6) is 0 Å². The summed E-state index contributed by atoms with van der Waals surface area (Å²) >= 11 is 0. The summed E-state index contributed by atoms with van der Waals surface area (Å²) in [7, 11) is 1.72. The molecule has 1 aliphatic rings. The van der Waals surface area contributed by atoms with Crippen LogP contribution in [-0.2, 0) is 11.3 Å². The lowest BCUT2D eigenvalue weighted by Gasteiger charge is -2.11. The Balaban J connectivity index is 1.99. The topological polar surface area (TPSA) is 72.9 Å². The van der Waals surface area contributed by atoms with E-state index in [1.165, 1.54) is 18.4 Å². The SMILES string of the molecule is CNC(Cn1cc(C2CC2)cn1)C(N)=O. The van der Waals surface area contributed by atoms with Crippen LogP contribution in [0.3, 0.4) is 0 Å². The summed E-state index contributed by atoms with van der Waals surface area (Å²) in [5.41, 5.74) is 6.50. The number of amides is 1. The van der Waals surface area contributed by atoms with Crippen LogP contribution in [0.2, 0.25) is 0 Å². The summed E-state index contributed by atoms with van der Waals surface area (Å²) in [6.07, 6.45) is 6.41. The number of carbonyl (C=O) groups excluding carboxylic acids is 1. The number of nitrogens with one attached hydrogen (secondary N) is 1.